The number of aliphatic carboxylic acids is 1. The molecule has 0 radical (unpaired) electrons. The normalized spacial score (nSPS) is 22.8. The molecule has 0 unspecified atom stereocenters. The van der Waals surface area contributed by atoms with Gasteiger partial charge in [0, 0.05) is 18.7 Å². The molecule has 32 heavy (non-hydrogen) atoms. The molecule has 1 aromatic heterocycles. The Morgan fingerprint density at radius 3 is 2.31 bits per heavy atom. The summed E-state index contributed by atoms with van der Waals surface area (Å²) in [5.74, 6) is -0.844. The first-order valence-electron chi connectivity index (χ1n) is 12.0. The van der Waals surface area contributed by atoms with Gasteiger partial charge < -0.3 is 14.7 Å². The molecule has 180 valence electrons. The molecule has 2 N–H and O–H groups in total. The summed E-state index contributed by atoms with van der Waals surface area (Å²) in [5, 5.41) is 13.3. The molecule has 6 nitrogen and oxygen atoms in total. The van der Waals surface area contributed by atoms with E-state index in [2.05, 4.69) is 10.2 Å². The first-order valence-corrected chi connectivity index (χ1v) is 13.7. The second-order valence-electron chi connectivity index (χ2n) is 9.40. The molecule has 0 aliphatic heterocycles. The van der Waals surface area contributed by atoms with E-state index < -0.39 is 10.7 Å². The maximum absolute atomic E-state index is 13.5. The molecule has 1 heterocycles. The van der Waals surface area contributed by atoms with Crippen LogP contribution in [0.1, 0.15) is 85.0 Å². The number of urea groups is 1. The minimum absolute atomic E-state index is 0.00680. The molecule has 0 bridgehead atoms. The fraction of sp³-hybridized carbons (Fsp3) is 0.750. The summed E-state index contributed by atoms with van der Waals surface area (Å²) in [4.78, 5) is 27.1. The van der Waals surface area contributed by atoms with Crippen molar-refractivity contribution in [3.63, 3.8) is 0 Å². The van der Waals surface area contributed by atoms with Crippen LogP contribution >= 0.6 is 23.1 Å². The van der Waals surface area contributed by atoms with E-state index in [-0.39, 0.29) is 12.1 Å². The highest BCUT2D eigenvalue weighted by Crippen LogP contribution is 2.39. The number of hydrogen-bond donors (Lipinski definition) is 2. The second kappa shape index (κ2) is 11.7. The predicted molar refractivity (Wildman–Crippen MR) is 132 cm³/mol. The van der Waals surface area contributed by atoms with Crippen LogP contribution in [-0.4, -0.2) is 51.5 Å². The van der Waals surface area contributed by atoms with Gasteiger partial charge in [-0.2, -0.15) is 0 Å². The average Bonchev–Trinajstić information content (AvgIpc) is 3.00. The first kappa shape index (κ1) is 25.4. The van der Waals surface area contributed by atoms with E-state index in [1.165, 1.54) is 48.8 Å². The number of hydrogen-bond acceptors (Lipinski definition) is 5. The third kappa shape index (κ3) is 6.87. The summed E-state index contributed by atoms with van der Waals surface area (Å²) >= 11 is 2.76. The number of amides is 2. The van der Waals surface area contributed by atoms with E-state index >= 15 is 0 Å². The number of nitrogens with one attached hydrogen (secondary N) is 1. The lowest BCUT2D eigenvalue weighted by atomic mass is 9.90. The summed E-state index contributed by atoms with van der Waals surface area (Å²) in [6.45, 7) is 6.19. The van der Waals surface area contributed by atoms with Gasteiger partial charge in [0.15, 0.2) is 0 Å². The zero-order valence-corrected chi connectivity index (χ0v) is 21.2. The molecular formula is C24H38N2O4S2. The highest BCUT2D eigenvalue weighted by Gasteiger charge is 2.34. The zero-order valence-electron chi connectivity index (χ0n) is 19.6. The van der Waals surface area contributed by atoms with E-state index in [0.717, 1.165) is 54.3 Å². The number of anilines is 1. The number of rotatable bonds is 8. The smallest absolute Gasteiger partial charge is 0.322 e. The molecule has 3 rings (SSSR count). The summed E-state index contributed by atoms with van der Waals surface area (Å²) in [6, 6.07) is 4.34. The number of carbonyl (C=O) groups is 2. The number of thioether (sulfide) groups is 1. The van der Waals surface area contributed by atoms with Crippen molar-refractivity contribution in [3.05, 3.63) is 12.1 Å². The van der Waals surface area contributed by atoms with Crippen molar-refractivity contribution in [2.24, 2.45) is 0 Å². The molecule has 2 saturated carbocycles. The molecule has 0 aromatic carbocycles. The van der Waals surface area contributed by atoms with Gasteiger partial charge in [0.05, 0.1) is 15.3 Å². The lowest BCUT2D eigenvalue weighted by molar-refractivity contribution is -0.138. The molecule has 0 saturated heterocycles. The summed E-state index contributed by atoms with van der Waals surface area (Å²) < 4.78 is 5.82. The maximum atomic E-state index is 13.5. The third-order valence-corrected chi connectivity index (χ3v) is 8.89. The lowest BCUT2D eigenvalue weighted by Gasteiger charge is -2.41. The molecule has 2 aliphatic carbocycles. The van der Waals surface area contributed by atoms with E-state index in [1.807, 2.05) is 19.1 Å². The SMILES string of the molecule is CCO[C@H]1CC[C@H](N(C(=O)Nc2ccc(SC(C)(C)C(=O)O)s2)C2CCCCCC2)CC1. The minimum atomic E-state index is -0.905. The number of carboxylic acid groups (broad SMARTS) is 1. The van der Waals surface area contributed by atoms with Gasteiger partial charge >= 0.3 is 12.0 Å². The maximum Gasteiger partial charge on any atom is 0.322 e. The number of carbonyl (C=O) groups excluding carboxylic acids is 1. The van der Waals surface area contributed by atoms with Crippen molar-refractivity contribution in [1.29, 1.82) is 0 Å². The highest BCUT2D eigenvalue weighted by atomic mass is 32.2. The van der Waals surface area contributed by atoms with Gasteiger partial charge in [-0.1, -0.05) is 37.4 Å². The largest absolute Gasteiger partial charge is 0.480 e. The van der Waals surface area contributed by atoms with Gasteiger partial charge in [-0.3, -0.25) is 10.1 Å². The van der Waals surface area contributed by atoms with Gasteiger partial charge in [0.2, 0.25) is 0 Å². The topological polar surface area (TPSA) is 78.9 Å². The van der Waals surface area contributed by atoms with Crippen LogP contribution in [0.2, 0.25) is 0 Å². The van der Waals surface area contributed by atoms with Gasteiger partial charge in [-0.05, 0) is 71.4 Å². The van der Waals surface area contributed by atoms with E-state index in [4.69, 9.17) is 4.74 Å². The Morgan fingerprint density at radius 1 is 1.09 bits per heavy atom. The Morgan fingerprint density at radius 2 is 1.72 bits per heavy atom. The van der Waals surface area contributed by atoms with Crippen LogP contribution in [0.5, 0.6) is 0 Å². The van der Waals surface area contributed by atoms with Gasteiger partial charge in [-0.25, -0.2) is 4.79 Å². The third-order valence-electron chi connectivity index (χ3n) is 6.57. The van der Waals surface area contributed by atoms with Crippen LogP contribution in [0, 0.1) is 0 Å². The second-order valence-corrected chi connectivity index (χ2v) is 12.4. The number of thiophene rings is 1. The van der Waals surface area contributed by atoms with Crippen LogP contribution in [0.3, 0.4) is 0 Å². The van der Waals surface area contributed by atoms with Crippen LogP contribution in [0.15, 0.2) is 16.3 Å². The van der Waals surface area contributed by atoms with E-state index in [1.54, 1.807) is 13.8 Å². The van der Waals surface area contributed by atoms with E-state index in [0.29, 0.717) is 12.1 Å². The number of nitrogens with zero attached hydrogens (tertiary/aromatic N) is 1. The van der Waals surface area contributed by atoms with Crippen molar-refractivity contribution in [1.82, 2.24) is 4.90 Å². The van der Waals surface area contributed by atoms with Gasteiger partial charge in [-0.15, -0.1) is 11.3 Å². The molecule has 1 aromatic rings. The van der Waals surface area contributed by atoms with Crippen molar-refractivity contribution in [2.45, 2.75) is 112 Å². The summed E-state index contributed by atoms with van der Waals surface area (Å²) in [7, 11) is 0. The summed E-state index contributed by atoms with van der Waals surface area (Å²) in [5.41, 5.74) is 0. The first-order chi connectivity index (χ1) is 15.3. The molecular weight excluding hydrogens is 444 g/mol. The minimum Gasteiger partial charge on any atom is -0.480 e. The van der Waals surface area contributed by atoms with Crippen molar-refractivity contribution in [2.75, 3.05) is 11.9 Å². The molecule has 8 heteroatoms. The standard InChI is InChI=1S/C24H38N2O4S2/c1-4-30-19-13-11-18(12-14-19)26(17-9-7-5-6-8-10-17)23(29)25-20-15-16-21(31-20)32-24(2,3)22(27)28/h15-19H,4-14H2,1-3H3,(H,25,29)(H,27,28)/t18-,19-. The van der Waals surface area contributed by atoms with Crippen molar-refractivity contribution < 1.29 is 19.4 Å². The van der Waals surface area contributed by atoms with Crippen LogP contribution in [0.4, 0.5) is 9.80 Å². The van der Waals surface area contributed by atoms with E-state index in [9.17, 15) is 14.7 Å². The Bertz CT molecular complexity index is 751. The van der Waals surface area contributed by atoms with Gasteiger partial charge in [0.1, 0.15) is 4.75 Å². The quantitative estimate of drug-likeness (QED) is 0.322. The Balaban J connectivity index is 1.69. The average molecular weight is 483 g/mol. The van der Waals surface area contributed by atoms with Crippen LogP contribution < -0.4 is 5.32 Å². The Kier molecular flexibility index (Phi) is 9.32. The molecule has 2 fully saturated rings. The fourth-order valence-electron chi connectivity index (χ4n) is 4.80. The molecule has 0 atom stereocenters. The fourth-order valence-corrected chi connectivity index (χ4v) is 7.21. The molecule has 2 amide bonds. The van der Waals surface area contributed by atoms with Crippen LogP contribution in [-0.2, 0) is 9.53 Å². The van der Waals surface area contributed by atoms with Crippen molar-refractivity contribution >= 4 is 40.1 Å². The number of carboxylic acids is 1. The lowest BCUT2D eigenvalue weighted by Crippen LogP contribution is -2.50. The Labute approximate surface area is 200 Å². The monoisotopic (exact) mass is 482 g/mol. The predicted octanol–water partition coefficient (Wildman–Crippen LogP) is 6.61. The Hall–Kier alpha value is -1.25. The zero-order chi connectivity index (χ0) is 23.1. The number of ether oxygens (including phenoxy) is 1. The van der Waals surface area contributed by atoms with Crippen molar-refractivity contribution in [3.8, 4) is 0 Å². The highest BCUT2D eigenvalue weighted by molar-refractivity contribution is 8.03. The molecule has 2 aliphatic rings. The van der Waals surface area contributed by atoms with Gasteiger partial charge in [0.25, 0.3) is 0 Å². The molecule has 0 spiro atoms. The van der Waals surface area contributed by atoms with Crippen LogP contribution in [0.25, 0.3) is 0 Å². The summed E-state index contributed by atoms with van der Waals surface area (Å²) in [6.07, 6.45) is 11.4.